The molecule has 6 heteroatoms. The van der Waals surface area contributed by atoms with Crippen LogP contribution in [0.25, 0.3) is 26.7 Å². The molecule has 5 aromatic rings. The number of anilines is 1. The number of ketones is 1. The minimum atomic E-state index is -0.801. The molecule has 5 nitrogen and oxygen atoms in total. The zero-order valence-corrected chi connectivity index (χ0v) is 21.3. The third-order valence-corrected chi connectivity index (χ3v) is 7.92. The Labute approximate surface area is 218 Å². The third kappa shape index (κ3) is 3.81. The number of carbonyl (C=O) groups is 2. The summed E-state index contributed by atoms with van der Waals surface area (Å²) in [6, 6.07) is 26.2. The van der Waals surface area contributed by atoms with Crippen LogP contribution in [0.5, 0.6) is 0 Å². The molecule has 0 radical (unpaired) electrons. The van der Waals surface area contributed by atoms with E-state index in [1.54, 1.807) is 6.07 Å². The Morgan fingerprint density at radius 2 is 1.76 bits per heavy atom. The van der Waals surface area contributed by atoms with Crippen molar-refractivity contribution in [1.82, 2.24) is 4.98 Å². The maximum Gasteiger partial charge on any atom is 0.301 e. The predicted octanol–water partition coefficient (Wildman–Crippen LogP) is 6.95. The molecule has 1 amide bonds. The second-order valence-electron chi connectivity index (χ2n) is 9.26. The number of aromatic nitrogens is 1. The molecule has 4 aromatic carbocycles. The minimum absolute atomic E-state index is 0.0699. The number of aliphatic hydroxyl groups excluding tert-OH is 1. The molecule has 1 aliphatic heterocycles. The molecule has 1 saturated heterocycles. The Hall–Kier alpha value is -4.29. The summed E-state index contributed by atoms with van der Waals surface area (Å²) in [4.78, 5) is 33.4. The van der Waals surface area contributed by atoms with Gasteiger partial charge in [0.1, 0.15) is 5.76 Å². The smallest absolute Gasteiger partial charge is 0.301 e. The van der Waals surface area contributed by atoms with Crippen LogP contribution in [-0.2, 0) is 16.0 Å². The maximum atomic E-state index is 13.6. The Balaban J connectivity index is 1.60. The number of thiazole rings is 1. The molecule has 1 unspecified atom stereocenters. The number of fused-ring (bicyclic) bond motifs is 2. The van der Waals surface area contributed by atoms with Gasteiger partial charge in [0.2, 0.25) is 0 Å². The SMILES string of the molecule is CCc1ccc2nc(N3C(=O)C(=O)/C(=C(/O)c4cccc5ccccc45)C3c3cccc(C)c3)sc2c1. The van der Waals surface area contributed by atoms with E-state index < -0.39 is 17.7 Å². The van der Waals surface area contributed by atoms with Crippen molar-refractivity contribution in [3.8, 4) is 0 Å². The van der Waals surface area contributed by atoms with E-state index in [-0.39, 0.29) is 11.3 Å². The molecule has 1 fully saturated rings. The topological polar surface area (TPSA) is 70.5 Å². The first-order valence-electron chi connectivity index (χ1n) is 12.2. The van der Waals surface area contributed by atoms with Crippen LogP contribution < -0.4 is 4.90 Å². The highest BCUT2D eigenvalue weighted by atomic mass is 32.1. The van der Waals surface area contributed by atoms with Gasteiger partial charge in [0.15, 0.2) is 5.13 Å². The van der Waals surface area contributed by atoms with Crippen LogP contribution in [0.2, 0.25) is 0 Å². The molecule has 6 rings (SSSR count). The summed E-state index contributed by atoms with van der Waals surface area (Å²) in [5.74, 6) is -1.59. The zero-order chi connectivity index (χ0) is 25.7. The van der Waals surface area contributed by atoms with Crippen LogP contribution >= 0.6 is 11.3 Å². The maximum absolute atomic E-state index is 13.6. The predicted molar refractivity (Wildman–Crippen MR) is 149 cm³/mol. The lowest BCUT2D eigenvalue weighted by Crippen LogP contribution is -2.29. The van der Waals surface area contributed by atoms with Gasteiger partial charge < -0.3 is 5.11 Å². The Morgan fingerprint density at radius 3 is 2.57 bits per heavy atom. The Morgan fingerprint density at radius 1 is 0.973 bits per heavy atom. The molecular formula is C31H24N2O3S. The van der Waals surface area contributed by atoms with Gasteiger partial charge in [-0.2, -0.15) is 0 Å². The van der Waals surface area contributed by atoms with Gasteiger partial charge in [-0.15, -0.1) is 0 Å². The molecule has 0 saturated carbocycles. The summed E-state index contributed by atoms with van der Waals surface area (Å²) in [6.07, 6.45) is 0.891. The van der Waals surface area contributed by atoms with Crippen molar-refractivity contribution in [3.05, 3.63) is 113 Å². The number of carbonyl (C=O) groups excluding carboxylic acids is 2. The summed E-state index contributed by atoms with van der Waals surface area (Å²) in [7, 11) is 0. The molecule has 2 heterocycles. The number of amides is 1. The molecule has 1 N–H and O–H groups in total. The summed E-state index contributed by atoms with van der Waals surface area (Å²) in [5, 5.41) is 13.8. The van der Waals surface area contributed by atoms with Crippen molar-refractivity contribution in [2.24, 2.45) is 0 Å². The normalized spacial score (nSPS) is 17.2. The average Bonchev–Trinajstić information content (AvgIpc) is 3.45. The van der Waals surface area contributed by atoms with E-state index >= 15 is 0 Å². The van der Waals surface area contributed by atoms with Gasteiger partial charge in [0.05, 0.1) is 21.8 Å². The van der Waals surface area contributed by atoms with Crippen molar-refractivity contribution < 1.29 is 14.7 Å². The number of aliphatic hydroxyl groups is 1. The third-order valence-electron chi connectivity index (χ3n) is 6.90. The van der Waals surface area contributed by atoms with E-state index in [0.29, 0.717) is 10.7 Å². The summed E-state index contributed by atoms with van der Waals surface area (Å²) in [6.45, 7) is 4.05. The fourth-order valence-corrected chi connectivity index (χ4v) is 6.10. The summed E-state index contributed by atoms with van der Waals surface area (Å²) in [5.41, 5.74) is 4.28. The Bertz CT molecular complexity index is 1750. The van der Waals surface area contributed by atoms with E-state index in [1.807, 2.05) is 79.7 Å². The van der Waals surface area contributed by atoms with Gasteiger partial charge in [-0.05, 0) is 47.4 Å². The summed E-state index contributed by atoms with van der Waals surface area (Å²) < 4.78 is 0.952. The second-order valence-corrected chi connectivity index (χ2v) is 10.3. The number of Topliss-reactive ketones (excluding diaryl/α,β-unsaturated/α-hetero) is 1. The van der Waals surface area contributed by atoms with Gasteiger partial charge >= 0.3 is 5.91 Å². The highest BCUT2D eigenvalue weighted by Gasteiger charge is 2.48. The van der Waals surface area contributed by atoms with Crippen molar-refractivity contribution >= 4 is 54.9 Å². The van der Waals surface area contributed by atoms with Gasteiger partial charge in [-0.25, -0.2) is 4.98 Å². The van der Waals surface area contributed by atoms with Crippen molar-refractivity contribution in [1.29, 1.82) is 0 Å². The van der Waals surface area contributed by atoms with Crippen LogP contribution in [0.15, 0.2) is 90.5 Å². The van der Waals surface area contributed by atoms with E-state index in [0.717, 1.165) is 38.5 Å². The van der Waals surface area contributed by atoms with Gasteiger partial charge in [-0.3, -0.25) is 14.5 Å². The molecule has 0 spiro atoms. The molecule has 1 aliphatic rings. The van der Waals surface area contributed by atoms with Gasteiger partial charge in [-0.1, -0.05) is 96.6 Å². The van der Waals surface area contributed by atoms with Crippen molar-refractivity contribution in [2.45, 2.75) is 26.3 Å². The first-order chi connectivity index (χ1) is 18.0. The average molecular weight is 505 g/mol. The highest BCUT2D eigenvalue weighted by molar-refractivity contribution is 7.22. The number of rotatable bonds is 4. The summed E-state index contributed by atoms with van der Waals surface area (Å²) >= 11 is 1.38. The van der Waals surface area contributed by atoms with Gasteiger partial charge in [0.25, 0.3) is 5.78 Å². The number of aryl methyl sites for hydroxylation is 2. The Kier molecular flexibility index (Phi) is 5.61. The number of nitrogens with zero attached hydrogens (tertiary/aromatic N) is 2. The molecule has 0 bridgehead atoms. The standard InChI is InChI=1S/C31H24N2O3S/c1-3-19-14-15-24-25(17-19)37-31(32-24)33-27(21-11-6-8-18(2)16-21)26(29(35)30(33)36)28(34)23-13-7-10-20-9-4-5-12-22(20)23/h4-17,27,34H,3H2,1-2H3/b28-26+. The zero-order valence-electron chi connectivity index (χ0n) is 20.4. The molecule has 0 aliphatic carbocycles. The molecule has 37 heavy (non-hydrogen) atoms. The lowest BCUT2D eigenvalue weighted by atomic mass is 9.93. The fourth-order valence-electron chi connectivity index (χ4n) is 5.04. The van der Waals surface area contributed by atoms with Crippen LogP contribution in [0, 0.1) is 6.92 Å². The first kappa shape index (κ1) is 23.1. The number of benzene rings is 4. The van der Waals surface area contributed by atoms with Crippen LogP contribution in [0.1, 0.15) is 35.2 Å². The molecule has 182 valence electrons. The van der Waals surface area contributed by atoms with E-state index in [2.05, 4.69) is 13.0 Å². The molecular weight excluding hydrogens is 480 g/mol. The monoisotopic (exact) mass is 504 g/mol. The molecule has 1 aromatic heterocycles. The van der Waals surface area contributed by atoms with Crippen LogP contribution in [0.4, 0.5) is 5.13 Å². The van der Waals surface area contributed by atoms with E-state index in [4.69, 9.17) is 4.98 Å². The fraction of sp³-hybridized carbons (Fsp3) is 0.129. The van der Waals surface area contributed by atoms with Crippen LogP contribution in [0.3, 0.4) is 0 Å². The first-order valence-corrected chi connectivity index (χ1v) is 13.0. The lowest BCUT2D eigenvalue weighted by molar-refractivity contribution is -0.132. The van der Waals surface area contributed by atoms with Gasteiger partial charge in [0, 0.05) is 5.56 Å². The quantitative estimate of drug-likeness (QED) is 0.163. The van der Waals surface area contributed by atoms with E-state index in [9.17, 15) is 14.7 Å². The highest BCUT2D eigenvalue weighted by Crippen LogP contribution is 2.45. The lowest BCUT2D eigenvalue weighted by Gasteiger charge is -2.23. The van der Waals surface area contributed by atoms with Crippen molar-refractivity contribution in [2.75, 3.05) is 4.90 Å². The minimum Gasteiger partial charge on any atom is -0.507 e. The largest absolute Gasteiger partial charge is 0.507 e. The number of hydrogen-bond acceptors (Lipinski definition) is 5. The molecule has 1 atom stereocenters. The van der Waals surface area contributed by atoms with Crippen LogP contribution in [-0.4, -0.2) is 21.8 Å². The number of hydrogen-bond donors (Lipinski definition) is 1. The van der Waals surface area contributed by atoms with E-state index in [1.165, 1.54) is 21.8 Å². The van der Waals surface area contributed by atoms with Crippen molar-refractivity contribution in [3.63, 3.8) is 0 Å². The second kappa shape index (κ2) is 8.98.